The number of aliphatic hydroxyl groups excluding tert-OH is 1. The lowest BCUT2D eigenvalue weighted by Crippen LogP contribution is -2.49. The van der Waals surface area contributed by atoms with Crippen LogP contribution in [0.2, 0.25) is 0 Å². The molecule has 3 rings (SSSR count). The van der Waals surface area contributed by atoms with Crippen molar-refractivity contribution in [3.8, 4) is 0 Å². The zero-order valence-corrected chi connectivity index (χ0v) is 15.8. The zero-order chi connectivity index (χ0) is 18.7. The van der Waals surface area contributed by atoms with Gasteiger partial charge in [-0.05, 0) is 43.8 Å². The van der Waals surface area contributed by atoms with Crippen LogP contribution < -0.4 is 10.2 Å². The zero-order valence-electron chi connectivity index (χ0n) is 15.0. The standard InChI is InChI=1S/C20H24N2O3S/c1-13-5-7-15(8-6-13)22-18(24)10-9-16(20(25)21-14(2)12-23)19(22)17-4-3-11-26-17/h3-8,11,14,16,19,23H,9-10,12H2,1-2H3,(H,21,25)/t14-,16-,19+/m0/s1. The van der Waals surface area contributed by atoms with Gasteiger partial charge in [0.25, 0.3) is 0 Å². The highest BCUT2D eigenvalue weighted by atomic mass is 32.1. The predicted molar refractivity (Wildman–Crippen MR) is 103 cm³/mol. The molecule has 1 fully saturated rings. The lowest BCUT2D eigenvalue weighted by Gasteiger charge is -2.40. The molecule has 1 saturated heterocycles. The summed E-state index contributed by atoms with van der Waals surface area (Å²) in [7, 11) is 0. The largest absolute Gasteiger partial charge is 0.394 e. The summed E-state index contributed by atoms with van der Waals surface area (Å²) in [6, 6.07) is 11.1. The van der Waals surface area contributed by atoms with Gasteiger partial charge in [-0.1, -0.05) is 23.8 Å². The maximum Gasteiger partial charge on any atom is 0.227 e. The van der Waals surface area contributed by atoms with Gasteiger partial charge in [-0.2, -0.15) is 0 Å². The molecule has 1 aromatic carbocycles. The van der Waals surface area contributed by atoms with Gasteiger partial charge in [0.05, 0.1) is 18.6 Å². The van der Waals surface area contributed by atoms with Gasteiger partial charge in [0.15, 0.2) is 0 Å². The number of carbonyl (C=O) groups excluding carboxylic acids is 2. The molecule has 2 heterocycles. The Morgan fingerprint density at radius 1 is 1.35 bits per heavy atom. The van der Waals surface area contributed by atoms with E-state index in [-0.39, 0.29) is 36.4 Å². The summed E-state index contributed by atoms with van der Waals surface area (Å²) in [5, 5.41) is 14.1. The number of amides is 2. The van der Waals surface area contributed by atoms with Crippen molar-refractivity contribution in [1.82, 2.24) is 5.32 Å². The minimum absolute atomic E-state index is 0.0338. The van der Waals surface area contributed by atoms with Gasteiger partial charge in [0, 0.05) is 23.0 Å². The molecule has 1 aliphatic heterocycles. The summed E-state index contributed by atoms with van der Waals surface area (Å²) >= 11 is 1.56. The molecular weight excluding hydrogens is 348 g/mol. The first-order valence-electron chi connectivity index (χ1n) is 8.84. The van der Waals surface area contributed by atoms with Gasteiger partial charge >= 0.3 is 0 Å². The molecule has 2 N–H and O–H groups in total. The first-order valence-corrected chi connectivity index (χ1v) is 9.72. The van der Waals surface area contributed by atoms with E-state index in [1.165, 1.54) is 0 Å². The number of rotatable bonds is 5. The van der Waals surface area contributed by atoms with Crippen molar-refractivity contribution >= 4 is 28.8 Å². The molecule has 0 unspecified atom stereocenters. The normalized spacial score (nSPS) is 21.5. The van der Waals surface area contributed by atoms with Crippen molar-refractivity contribution in [3.63, 3.8) is 0 Å². The third kappa shape index (κ3) is 3.81. The molecule has 1 aromatic heterocycles. The van der Waals surface area contributed by atoms with Crippen molar-refractivity contribution in [2.45, 2.75) is 38.8 Å². The van der Waals surface area contributed by atoms with Gasteiger partial charge in [0.2, 0.25) is 11.8 Å². The van der Waals surface area contributed by atoms with Crippen LogP contribution >= 0.6 is 11.3 Å². The smallest absolute Gasteiger partial charge is 0.227 e. The van der Waals surface area contributed by atoms with Crippen molar-refractivity contribution in [2.75, 3.05) is 11.5 Å². The minimum atomic E-state index is -0.346. The van der Waals surface area contributed by atoms with E-state index in [0.717, 1.165) is 16.1 Å². The molecule has 5 nitrogen and oxygen atoms in total. The lowest BCUT2D eigenvalue weighted by molar-refractivity contribution is -0.130. The van der Waals surface area contributed by atoms with Crippen LogP contribution in [-0.4, -0.2) is 29.6 Å². The molecule has 6 heteroatoms. The first kappa shape index (κ1) is 18.6. The second kappa shape index (κ2) is 8.01. The Bertz CT molecular complexity index is 758. The Labute approximate surface area is 157 Å². The van der Waals surface area contributed by atoms with E-state index < -0.39 is 0 Å². The monoisotopic (exact) mass is 372 g/mol. The molecule has 0 aliphatic carbocycles. The van der Waals surface area contributed by atoms with E-state index in [1.54, 1.807) is 23.2 Å². The topological polar surface area (TPSA) is 69.6 Å². The summed E-state index contributed by atoms with van der Waals surface area (Å²) in [5.74, 6) is -0.428. The van der Waals surface area contributed by atoms with E-state index in [0.29, 0.717) is 12.8 Å². The van der Waals surface area contributed by atoms with Gasteiger partial charge in [0.1, 0.15) is 0 Å². The number of anilines is 1. The van der Waals surface area contributed by atoms with Gasteiger partial charge in [-0.3, -0.25) is 9.59 Å². The molecular formula is C20H24N2O3S. The van der Waals surface area contributed by atoms with Crippen molar-refractivity contribution in [1.29, 1.82) is 0 Å². The number of hydrogen-bond acceptors (Lipinski definition) is 4. The van der Waals surface area contributed by atoms with Crippen molar-refractivity contribution in [3.05, 3.63) is 52.2 Å². The number of aryl methyl sites for hydroxylation is 1. The third-order valence-electron chi connectivity index (χ3n) is 4.74. The summed E-state index contributed by atoms with van der Waals surface area (Å²) in [4.78, 5) is 28.4. The molecule has 0 radical (unpaired) electrons. The SMILES string of the molecule is Cc1ccc(N2C(=O)CC[C@H](C(=O)N[C@@H](C)CO)[C@@H]2c2cccs2)cc1. The van der Waals surface area contributed by atoms with Gasteiger partial charge < -0.3 is 15.3 Å². The quantitative estimate of drug-likeness (QED) is 0.848. The Balaban J connectivity index is 1.99. The van der Waals surface area contributed by atoms with Crippen LogP contribution in [0.1, 0.15) is 36.2 Å². The van der Waals surface area contributed by atoms with Crippen LogP contribution in [0.4, 0.5) is 5.69 Å². The average molecular weight is 372 g/mol. The predicted octanol–water partition coefficient (Wildman–Crippen LogP) is 3.04. The molecule has 1 aliphatic rings. The average Bonchev–Trinajstić information content (AvgIpc) is 3.16. The fourth-order valence-electron chi connectivity index (χ4n) is 3.36. The molecule has 0 spiro atoms. The minimum Gasteiger partial charge on any atom is -0.394 e. The van der Waals surface area contributed by atoms with E-state index in [2.05, 4.69) is 5.32 Å². The van der Waals surface area contributed by atoms with Crippen LogP contribution in [0.3, 0.4) is 0 Å². The summed E-state index contributed by atoms with van der Waals surface area (Å²) < 4.78 is 0. The second-order valence-electron chi connectivity index (χ2n) is 6.80. The summed E-state index contributed by atoms with van der Waals surface area (Å²) in [6.45, 7) is 3.66. The number of piperidine rings is 1. The number of carbonyl (C=O) groups is 2. The van der Waals surface area contributed by atoms with Gasteiger partial charge in [-0.15, -0.1) is 11.3 Å². The number of nitrogens with one attached hydrogen (secondary N) is 1. The maximum atomic E-state index is 12.9. The van der Waals surface area contributed by atoms with E-state index in [9.17, 15) is 14.7 Å². The van der Waals surface area contributed by atoms with Crippen molar-refractivity contribution < 1.29 is 14.7 Å². The second-order valence-corrected chi connectivity index (χ2v) is 7.78. The highest BCUT2D eigenvalue weighted by molar-refractivity contribution is 7.10. The Morgan fingerprint density at radius 2 is 2.08 bits per heavy atom. The van der Waals surface area contributed by atoms with Crippen LogP contribution in [0.25, 0.3) is 0 Å². The Morgan fingerprint density at radius 3 is 2.69 bits per heavy atom. The molecule has 0 bridgehead atoms. The fraction of sp³-hybridized carbons (Fsp3) is 0.400. The van der Waals surface area contributed by atoms with Gasteiger partial charge in [-0.25, -0.2) is 0 Å². The number of thiophene rings is 1. The molecule has 138 valence electrons. The van der Waals surface area contributed by atoms with E-state index in [1.807, 2.05) is 48.7 Å². The highest BCUT2D eigenvalue weighted by Gasteiger charge is 2.42. The summed E-state index contributed by atoms with van der Waals surface area (Å²) in [5.41, 5.74) is 1.93. The Hall–Kier alpha value is -2.18. The molecule has 2 amide bonds. The Kier molecular flexibility index (Phi) is 5.74. The lowest BCUT2D eigenvalue weighted by atomic mass is 9.86. The van der Waals surface area contributed by atoms with E-state index in [4.69, 9.17) is 0 Å². The van der Waals surface area contributed by atoms with E-state index >= 15 is 0 Å². The first-order chi connectivity index (χ1) is 12.5. The van der Waals surface area contributed by atoms with Crippen LogP contribution in [0, 0.1) is 12.8 Å². The van der Waals surface area contributed by atoms with Crippen LogP contribution in [-0.2, 0) is 9.59 Å². The molecule has 0 saturated carbocycles. The summed E-state index contributed by atoms with van der Waals surface area (Å²) in [6.07, 6.45) is 0.842. The highest BCUT2D eigenvalue weighted by Crippen LogP contribution is 2.41. The number of nitrogens with zero attached hydrogens (tertiary/aromatic N) is 1. The van der Waals surface area contributed by atoms with Crippen LogP contribution in [0.15, 0.2) is 41.8 Å². The van der Waals surface area contributed by atoms with Crippen LogP contribution in [0.5, 0.6) is 0 Å². The third-order valence-corrected chi connectivity index (χ3v) is 5.69. The number of benzene rings is 1. The molecule has 3 atom stereocenters. The van der Waals surface area contributed by atoms with Crippen molar-refractivity contribution in [2.24, 2.45) is 5.92 Å². The molecule has 26 heavy (non-hydrogen) atoms. The molecule has 2 aromatic rings. The number of hydrogen-bond donors (Lipinski definition) is 2. The maximum absolute atomic E-state index is 12.9. The number of aliphatic hydroxyl groups is 1. The fourth-order valence-corrected chi connectivity index (χ4v) is 4.24.